The fraction of sp³-hybridized carbons (Fsp3) is 0.391. The molecule has 10 rings (SSSR count). The highest BCUT2D eigenvalue weighted by Gasteiger charge is 2.50. The number of benzene rings is 6. The van der Waals surface area contributed by atoms with Crippen LogP contribution in [0.25, 0.3) is 0 Å². The molecule has 3 fully saturated rings. The maximum atomic E-state index is 14.3. The van der Waals surface area contributed by atoms with Gasteiger partial charge in [-0.15, -0.1) is 0 Å². The van der Waals surface area contributed by atoms with Gasteiger partial charge in [-0.25, -0.2) is 9.59 Å². The second-order valence-corrected chi connectivity index (χ2v) is 31.2. The normalized spacial score (nSPS) is 19.1. The van der Waals surface area contributed by atoms with Crippen LogP contribution in [0, 0.1) is 5.41 Å². The van der Waals surface area contributed by atoms with Crippen LogP contribution in [0.15, 0.2) is 255 Å². The molecule has 7 aromatic rings. The molecule has 4 heterocycles. The maximum absolute atomic E-state index is 14.3. The summed E-state index contributed by atoms with van der Waals surface area (Å²) >= 11 is 0. The molecule has 6 aromatic carbocycles. The zero-order valence-corrected chi connectivity index (χ0v) is 67.6. The van der Waals surface area contributed by atoms with Gasteiger partial charge in [0.05, 0.1) is 70.6 Å². The van der Waals surface area contributed by atoms with Crippen molar-refractivity contribution in [3.8, 4) is 11.5 Å². The van der Waals surface area contributed by atoms with Crippen LogP contribution in [0.4, 0.5) is 0 Å². The lowest BCUT2D eigenvalue weighted by Crippen LogP contribution is -2.65. The molecule has 21 nitrogen and oxygen atoms in total. The fourth-order valence-corrected chi connectivity index (χ4v) is 14.5. The number of para-hydroxylation sites is 2. The van der Waals surface area contributed by atoms with Crippen molar-refractivity contribution in [2.45, 2.75) is 154 Å². The van der Waals surface area contributed by atoms with Crippen LogP contribution in [0.1, 0.15) is 127 Å². The number of pyridine rings is 1. The smallest absolute Gasteiger partial charge is 0.347 e. The van der Waals surface area contributed by atoms with Crippen LogP contribution in [0.5, 0.6) is 11.5 Å². The molecule has 0 saturated carbocycles. The highest BCUT2D eigenvalue weighted by Crippen LogP contribution is 2.46. The third-order valence-corrected chi connectivity index (χ3v) is 21.4. The van der Waals surface area contributed by atoms with Gasteiger partial charge >= 0.3 is 17.9 Å². The molecule has 3 aliphatic heterocycles. The highest BCUT2D eigenvalue weighted by atomic mass is 33.1. The van der Waals surface area contributed by atoms with E-state index in [9.17, 15) is 24.0 Å². The van der Waals surface area contributed by atoms with E-state index in [0.717, 1.165) is 53.7 Å². The molecule has 3 N–H and O–H groups in total. The number of unbranched alkanes of at least 4 members (excludes halogenated alkanes) is 1. The number of ether oxygens (including phenoxy) is 11. The van der Waals surface area contributed by atoms with E-state index < -0.39 is 59.9 Å². The number of rotatable bonds is 52. The zero-order chi connectivity index (χ0) is 80.3. The predicted molar refractivity (Wildman–Crippen MR) is 448 cm³/mol. The molecule has 3 saturated heterocycles. The van der Waals surface area contributed by atoms with E-state index in [-0.39, 0.29) is 79.0 Å². The lowest BCUT2D eigenvalue weighted by atomic mass is 9.86. The number of nitrogens with zero attached hydrogens (tertiary/aromatic N) is 2. The summed E-state index contributed by atoms with van der Waals surface area (Å²) in [5.41, 5.74) is 3.83. The molecule has 3 aliphatic rings. The number of carbonyl (C=O) groups excluding carboxylic acids is 5. The van der Waals surface area contributed by atoms with Crippen LogP contribution in [-0.2, 0) is 83.4 Å². The minimum Gasteiger partial charge on any atom is -0.465 e. The van der Waals surface area contributed by atoms with Crippen molar-refractivity contribution in [2.24, 2.45) is 5.41 Å². The van der Waals surface area contributed by atoms with E-state index in [1.807, 2.05) is 91.0 Å². The van der Waals surface area contributed by atoms with Gasteiger partial charge in [-0.3, -0.25) is 29.6 Å². The number of carbonyl (C=O) groups is 5. The van der Waals surface area contributed by atoms with E-state index >= 15 is 0 Å². The van der Waals surface area contributed by atoms with Crippen molar-refractivity contribution in [2.75, 3.05) is 70.7 Å². The molecule has 9 unspecified atom stereocenters. The fourth-order valence-electron chi connectivity index (χ4n) is 12.7. The van der Waals surface area contributed by atoms with Gasteiger partial charge in [0.15, 0.2) is 6.29 Å². The van der Waals surface area contributed by atoms with Crippen molar-refractivity contribution in [1.29, 1.82) is 0 Å². The largest absolute Gasteiger partial charge is 0.465 e. The van der Waals surface area contributed by atoms with Gasteiger partial charge in [0.25, 0.3) is 0 Å². The number of aromatic nitrogens is 1. The quantitative estimate of drug-likeness (QED) is 0.00610. The number of amides is 2. The molecule has 9 atom stereocenters. The second kappa shape index (κ2) is 49.7. The molecule has 0 bridgehead atoms. The van der Waals surface area contributed by atoms with E-state index in [2.05, 4.69) is 124 Å². The molecule has 2 amide bonds. The average Bonchev–Trinajstić information content (AvgIpc) is 1.72. The number of likely N-dealkylation sites (tertiary alicyclic amines) is 1. The summed E-state index contributed by atoms with van der Waals surface area (Å²) < 4.78 is 69.6. The Bertz CT molecular complexity index is 4200. The Balaban J connectivity index is 0.654. The van der Waals surface area contributed by atoms with Crippen LogP contribution in [-0.4, -0.2) is 159 Å². The van der Waals surface area contributed by atoms with Crippen LogP contribution < -0.4 is 25.4 Å². The summed E-state index contributed by atoms with van der Waals surface area (Å²) in [6, 6.07) is 56.7. The number of piperidine rings is 1. The summed E-state index contributed by atoms with van der Waals surface area (Å²) in [6.07, 6.45) is 24.6. The molecular formula is C92H109N5O16S2. The van der Waals surface area contributed by atoms with E-state index in [4.69, 9.17) is 52.1 Å². The molecule has 0 aliphatic carbocycles. The topological polar surface area (TPSA) is 246 Å². The van der Waals surface area contributed by atoms with Gasteiger partial charge in [-0.05, 0) is 91.1 Å². The molecule has 0 spiro atoms. The Morgan fingerprint density at radius 1 is 0.591 bits per heavy atom. The minimum absolute atomic E-state index is 0.00234. The summed E-state index contributed by atoms with van der Waals surface area (Å²) in [5.74, 6) is -1.11. The van der Waals surface area contributed by atoms with Crippen LogP contribution in [0.3, 0.4) is 0 Å². The molecule has 1 aromatic heterocycles. The van der Waals surface area contributed by atoms with E-state index in [0.29, 0.717) is 96.6 Å². The molecule has 0 radical (unpaired) electrons. The Morgan fingerprint density at radius 2 is 1.19 bits per heavy atom. The van der Waals surface area contributed by atoms with Gasteiger partial charge in [-0.1, -0.05) is 255 Å². The number of allylic oxidation sites excluding steroid dienone is 10. The Morgan fingerprint density at radius 3 is 1.87 bits per heavy atom. The molecule has 115 heavy (non-hydrogen) atoms. The number of hydrogen-bond acceptors (Lipinski definition) is 21. The van der Waals surface area contributed by atoms with Crippen molar-refractivity contribution < 1.29 is 76.1 Å². The third-order valence-electron chi connectivity index (χ3n) is 19.0. The first-order valence-corrected chi connectivity index (χ1v) is 42.2. The second-order valence-electron chi connectivity index (χ2n) is 28.5. The van der Waals surface area contributed by atoms with E-state index in [1.54, 1.807) is 84.0 Å². The number of nitrogens with one attached hydrogen (secondary N) is 3. The molecular weight excluding hydrogens is 1500 g/mol. The van der Waals surface area contributed by atoms with Crippen molar-refractivity contribution in [3.05, 3.63) is 294 Å². The van der Waals surface area contributed by atoms with Crippen LogP contribution in [0.2, 0.25) is 0 Å². The first kappa shape index (κ1) is 88.2. The van der Waals surface area contributed by atoms with Crippen LogP contribution >= 0.6 is 21.6 Å². The number of epoxide rings is 2. The summed E-state index contributed by atoms with van der Waals surface area (Å²) in [5, 5.41) is 9.32. The Kier molecular flexibility index (Phi) is 38.1. The standard InChI is InChI=1S/C92H109N5O16S2/c1-4-5-6-7-8-9-10-11-12-13-14-15-16-17-18-31-50-82(99)108-68-92(2,3)86(113-91-83(112-91)74-46-32-34-48-77(74)111-90(102)75-47-33-35-49-78(75)110-89(101)73-45-36-52-93-60-73)87(100)95-53-51-81(98)94-54-58-114-115-59-55-96-88-80(109-88)67-103-57-56-97-61-79(105-63-70-39-25-20-26-40-70)85(107-65-72-43-29-22-30-44-72)84(106-64-71-41-27-21-28-42-71)76(97)66-104-62-69-37-23-19-24-38-69/h5-6,8-9,11-12,14-17,19-30,32-49,52,60,76,79-80,83-86,88,91,96H,4,7,10,13,18,31,50-51,53-59,61-68H2,1-3H3,(H,94,98)(H,95,100). The van der Waals surface area contributed by atoms with Crippen molar-refractivity contribution in [3.63, 3.8) is 0 Å². The highest BCUT2D eigenvalue weighted by molar-refractivity contribution is 8.76. The Hall–Kier alpha value is -9.18. The predicted octanol–water partition coefficient (Wildman–Crippen LogP) is 15.4. The number of esters is 3. The first-order chi connectivity index (χ1) is 56.4. The monoisotopic (exact) mass is 1600 g/mol. The lowest BCUT2D eigenvalue weighted by molar-refractivity contribution is -0.211. The van der Waals surface area contributed by atoms with Gasteiger partial charge < -0.3 is 62.7 Å². The van der Waals surface area contributed by atoms with Gasteiger partial charge in [0.1, 0.15) is 53.8 Å². The minimum atomic E-state index is -1.24. The number of hydrogen-bond donors (Lipinski definition) is 3. The van der Waals surface area contributed by atoms with Gasteiger partial charge in [-0.2, -0.15) is 0 Å². The summed E-state index contributed by atoms with van der Waals surface area (Å²) in [6.45, 7) is 10.7. The molecule has 610 valence electrons. The first-order valence-electron chi connectivity index (χ1n) is 39.7. The van der Waals surface area contributed by atoms with Crippen molar-refractivity contribution >= 4 is 51.3 Å². The summed E-state index contributed by atoms with van der Waals surface area (Å²) in [4.78, 5) is 73.8. The lowest BCUT2D eigenvalue weighted by Gasteiger charge is -2.48. The third kappa shape index (κ3) is 31.4. The summed E-state index contributed by atoms with van der Waals surface area (Å²) in [7, 11) is 3.34. The Labute approximate surface area is 684 Å². The SMILES string of the molecule is CCC=CCC=CCC=CCC=CC=CCCCC(=O)OCC(C)(C)C(OC1OC1c1ccccc1OC(=O)c1ccccc1OC(=O)c1cccnc1)C(=O)NCCC(=O)NCCSSCCNC1OC1COCCN1CC(OCc2ccccc2)C(OCc2ccccc2)C(OCc2ccccc2)C1COCc1ccccc1. The average molecular weight is 1610 g/mol. The molecule has 23 heteroatoms. The zero-order valence-electron chi connectivity index (χ0n) is 66.0. The van der Waals surface area contributed by atoms with E-state index in [1.165, 1.54) is 24.5 Å². The van der Waals surface area contributed by atoms with Gasteiger partial charge in [0, 0.05) is 80.4 Å². The van der Waals surface area contributed by atoms with Gasteiger partial charge in [0.2, 0.25) is 11.8 Å². The maximum Gasteiger partial charge on any atom is 0.347 e. The van der Waals surface area contributed by atoms with Crippen molar-refractivity contribution in [1.82, 2.24) is 25.8 Å².